The van der Waals surface area contributed by atoms with Gasteiger partial charge in [0.2, 0.25) is 0 Å². The van der Waals surface area contributed by atoms with Crippen molar-refractivity contribution < 1.29 is 27.1 Å². The first-order chi connectivity index (χ1) is 15.3. The maximum atomic E-state index is 12.9. The van der Waals surface area contributed by atoms with E-state index >= 15 is 0 Å². The Kier molecular flexibility index (Phi) is 6.27. The quantitative estimate of drug-likeness (QED) is 0.426. The number of amides is 1. The van der Waals surface area contributed by atoms with Gasteiger partial charge in [0.25, 0.3) is 5.91 Å². The zero-order valence-electron chi connectivity index (χ0n) is 17.0. The smallest absolute Gasteiger partial charge is 0.406 e. The molecule has 1 N–H and O–H groups in total. The number of rotatable bonds is 7. The van der Waals surface area contributed by atoms with Crippen LogP contribution in [0.25, 0.3) is 22.0 Å². The van der Waals surface area contributed by atoms with Crippen molar-refractivity contribution in [1.29, 1.82) is 0 Å². The van der Waals surface area contributed by atoms with Crippen LogP contribution in [0.15, 0.2) is 54.6 Å². The lowest BCUT2D eigenvalue weighted by atomic mass is 10.0. The Labute approximate surface area is 182 Å². The predicted octanol–water partition coefficient (Wildman–Crippen LogP) is 4.57. The fraction of sp³-hybridized carbons (Fsp3) is 0.304. The molecule has 0 unspecified atom stereocenters. The molecule has 1 aromatic heterocycles. The van der Waals surface area contributed by atoms with Crippen LogP contribution in [-0.4, -0.2) is 54.5 Å². The Bertz CT molecular complexity index is 1100. The number of halogens is 4. The van der Waals surface area contributed by atoms with Crippen LogP contribution in [0.3, 0.4) is 0 Å². The summed E-state index contributed by atoms with van der Waals surface area (Å²) < 4.78 is 54.0. The molecule has 1 saturated heterocycles. The van der Waals surface area contributed by atoms with Gasteiger partial charge >= 0.3 is 6.36 Å². The van der Waals surface area contributed by atoms with Gasteiger partial charge < -0.3 is 10.1 Å². The van der Waals surface area contributed by atoms with E-state index in [4.69, 9.17) is 0 Å². The summed E-state index contributed by atoms with van der Waals surface area (Å²) in [5.41, 5.74) is 1.25. The second kappa shape index (κ2) is 9.12. The highest BCUT2D eigenvalue weighted by atomic mass is 19.4. The minimum absolute atomic E-state index is 0.237. The van der Waals surface area contributed by atoms with Gasteiger partial charge in [-0.25, -0.2) is 9.37 Å². The van der Waals surface area contributed by atoms with Crippen molar-refractivity contribution in [3.05, 3.63) is 60.3 Å². The Balaban J connectivity index is 1.51. The number of aromatic nitrogens is 1. The van der Waals surface area contributed by atoms with E-state index in [1.54, 1.807) is 18.2 Å². The summed E-state index contributed by atoms with van der Waals surface area (Å²) in [6.07, 6.45) is -4.83. The molecule has 2 heterocycles. The van der Waals surface area contributed by atoms with Crippen molar-refractivity contribution >= 4 is 16.7 Å². The predicted molar refractivity (Wildman–Crippen MR) is 112 cm³/mol. The fourth-order valence-corrected chi connectivity index (χ4v) is 3.62. The molecule has 1 aliphatic rings. The Hall–Kier alpha value is -3.20. The summed E-state index contributed by atoms with van der Waals surface area (Å²) in [6.45, 7) is 2.02. The third kappa shape index (κ3) is 5.34. The van der Waals surface area contributed by atoms with E-state index in [2.05, 4.69) is 15.0 Å². The number of hydrogen-bond donors (Lipinski definition) is 1. The molecule has 0 aliphatic carbocycles. The van der Waals surface area contributed by atoms with Crippen molar-refractivity contribution in [2.24, 2.45) is 0 Å². The van der Waals surface area contributed by atoms with Crippen LogP contribution in [0.5, 0.6) is 5.75 Å². The molecule has 3 aromatic rings. The molecule has 0 atom stereocenters. The summed E-state index contributed by atoms with van der Waals surface area (Å²) in [7, 11) is 0. The minimum Gasteiger partial charge on any atom is -0.406 e. The van der Waals surface area contributed by atoms with Gasteiger partial charge in [-0.3, -0.25) is 9.69 Å². The van der Waals surface area contributed by atoms with E-state index in [1.807, 2.05) is 17.0 Å². The number of ether oxygens (including phenoxy) is 1. The summed E-state index contributed by atoms with van der Waals surface area (Å²) in [5.74, 6) is -0.673. The van der Waals surface area contributed by atoms with E-state index in [1.165, 1.54) is 24.3 Å². The standard InChI is InChI=1S/C23H21F4N3O2/c24-17-13-30(14-17)11-3-10-28-22(31)21-19-5-2-1-4-16(19)12-20(29-21)15-6-8-18(9-7-15)32-23(25,26)27/h1-2,4-9,12,17H,3,10-11,13-14H2,(H,28,31). The van der Waals surface area contributed by atoms with E-state index in [9.17, 15) is 22.4 Å². The Morgan fingerprint density at radius 1 is 1.12 bits per heavy atom. The minimum atomic E-state index is -4.77. The maximum absolute atomic E-state index is 12.9. The number of nitrogens with zero attached hydrogens (tertiary/aromatic N) is 2. The van der Waals surface area contributed by atoms with Gasteiger partial charge in [-0.15, -0.1) is 13.2 Å². The monoisotopic (exact) mass is 447 g/mol. The molecule has 168 valence electrons. The van der Waals surface area contributed by atoms with Gasteiger partial charge in [0, 0.05) is 37.1 Å². The van der Waals surface area contributed by atoms with E-state index < -0.39 is 12.5 Å². The van der Waals surface area contributed by atoms with Crippen LogP contribution in [-0.2, 0) is 0 Å². The topological polar surface area (TPSA) is 54.5 Å². The average Bonchev–Trinajstić information content (AvgIpc) is 2.73. The number of hydrogen-bond acceptors (Lipinski definition) is 4. The maximum Gasteiger partial charge on any atom is 0.573 e. The number of likely N-dealkylation sites (tertiary alicyclic amines) is 1. The second-order valence-corrected chi connectivity index (χ2v) is 7.62. The normalized spacial score (nSPS) is 14.9. The van der Waals surface area contributed by atoms with Crippen molar-refractivity contribution in [3.8, 4) is 17.0 Å². The van der Waals surface area contributed by atoms with Gasteiger partial charge in [-0.1, -0.05) is 24.3 Å². The average molecular weight is 447 g/mol. The highest BCUT2D eigenvalue weighted by molar-refractivity contribution is 6.06. The lowest BCUT2D eigenvalue weighted by molar-refractivity contribution is -0.274. The number of carbonyl (C=O) groups is 1. The number of fused-ring (bicyclic) bond motifs is 1. The van der Waals surface area contributed by atoms with Gasteiger partial charge in [0.15, 0.2) is 0 Å². The fourth-order valence-electron chi connectivity index (χ4n) is 3.62. The van der Waals surface area contributed by atoms with Crippen molar-refractivity contribution in [2.75, 3.05) is 26.2 Å². The largest absolute Gasteiger partial charge is 0.573 e. The molecule has 5 nitrogen and oxygen atoms in total. The van der Waals surface area contributed by atoms with Crippen molar-refractivity contribution in [3.63, 3.8) is 0 Å². The van der Waals surface area contributed by atoms with Gasteiger partial charge in [0.05, 0.1) is 5.69 Å². The van der Waals surface area contributed by atoms with Crippen molar-refractivity contribution in [1.82, 2.24) is 15.2 Å². The van der Waals surface area contributed by atoms with Crippen LogP contribution in [0.1, 0.15) is 16.9 Å². The van der Waals surface area contributed by atoms with Crippen LogP contribution < -0.4 is 10.1 Å². The van der Waals surface area contributed by atoms with Crippen LogP contribution in [0.4, 0.5) is 17.6 Å². The molecule has 0 saturated carbocycles. The first kappa shape index (κ1) is 22.0. The SMILES string of the molecule is O=C(NCCCN1CC(F)C1)c1nc(-c2ccc(OC(F)(F)F)cc2)cc2ccccc12. The lowest BCUT2D eigenvalue weighted by Crippen LogP contribution is -2.49. The summed E-state index contributed by atoms with van der Waals surface area (Å²) in [5, 5.41) is 4.31. The number of benzene rings is 2. The molecule has 1 aliphatic heterocycles. The van der Waals surface area contributed by atoms with Crippen molar-refractivity contribution in [2.45, 2.75) is 19.0 Å². The number of nitrogens with one attached hydrogen (secondary N) is 1. The molecule has 32 heavy (non-hydrogen) atoms. The van der Waals surface area contributed by atoms with Gasteiger partial charge in [-0.05, 0) is 42.1 Å². The zero-order valence-corrected chi connectivity index (χ0v) is 17.0. The van der Waals surface area contributed by atoms with E-state index in [0.29, 0.717) is 49.2 Å². The molecule has 9 heteroatoms. The molecular formula is C23H21F4N3O2. The first-order valence-corrected chi connectivity index (χ1v) is 10.2. The molecule has 1 amide bonds. The molecular weight excluding hydrogens is 426 g/mol. The van der Waals surface area contributed by atoms with Crippen LogP contribution in [0.2, 0.25) is 0 Å². The highest BCUT2D eigenvalue weighted by Gasteiger charge is 2.31. The third-order valence-electron chi connectivity index (χ3n) is 5.19. The molecule has 2 aromatic carbocycles. The second-order valence-electron chi connectivity index (χ2n) is 7.62. The summed E-state index contributed by atoms with van der Waals surface area (Å²) >= 11 is 0. The first-order valence-electron chi connectivity index (χ1n) is 10.2. The number of alkyl halides is 4. The molecule has 4 rings (SSSR count). The molecule has 0 radical (unpaired) electrons. The van der Waals surface area contributed by atoms with Crippen LogP contribution in [0, 0.1) is 0 Å². The Morgan fingerprint density at radius 3 is 2.53 bits per heavy atom. The summed E-state index contributed by atoms with van der Waals surface area (Å²) in [4.78, 5) is 19.3. The van der Waals surface area contributed by atoms with Gasteiger partial charge in [0.1, 0.15) is 17.6 Å². The molecule has 0 spiro atoms. The molecule has 1 fully saturated rings. The van der Waals surface area contributed by atoms with Gasteiger partial charge in [-0.2, -0.15) is 0 Å². The molecule has 0 bridgehead atoms. The Morgan fingerprint density at radius 2 is 1.84 bits per heavy atom. The summed E-state index contributed by atoms with van der Waals surface area (Å²) in [6, 6.07) is 14.4. The van der Waals surface area contributed by atoms with E-state index in [0.717, 1.165) is 5.39 Å². The number of carbonyl (C=O) groups excluding carboxylic acids is 1. The highest BCUT2D eigenvalue weighted by Crippen LogP contribution is 2.28. The zero-order chi connectivity index (χ0) is 22.7. The number of pyridine rings is 1. The van der Waals surface area contributed by atoms with Crippen LogP contribution >= 0.6 is 0 Å². The third-order valence-corrected chi connectivity index (χ3v) is 5.19. The lowest BCUT2D eigenvalue weighted by Gasteiger charge is -2.34. The van der Waals surface area contributed by atoms with E-state index in [-0.39, 0.29) is 17.4 Å².